The molecule has 1 fully saturated rings. The molecule has 2 N–H and O–H groups in total. The number of hydrogen-bond donors (Lipinski definition) is 2. The summed E-state index contributed by atoms with van der Waals surface area (Å²) in [6, 6.07) is 16.8. The lowest BCUT2D eigenvalue weighted by molar-refractivity contribution is -0.126. The minimum absolute atomic E-state index is 0.0839. The first-order valence-electron chi connectivity index (χ1n) is 10.5. The standard InChI is InChI=1S/C24H26N4O4/c1-27-20-6-4-3-5-16(20)13-21(27)24(31)26-12-11-25-23(30)17-14-22(29)28(15-17)18-7-9-19(32-2)10-8-18/h3-10,13,17H,11-12,14-15H2,1-2H3,(H,25,30)(H,26,31). The Hall–Kier alpha value is -3.81. The average molecular weight is 434 g/mol. The molecule has 4 rings (SSSR count). The van der Waals surface area contributed by atoms with Crippen molar-refractivity contribution < 1.29 is 19.1 Å². The summed E-state index contributed by atoms with van der Waals surface area (Å²) < 4.78 is 6.99. The van der Waals surface area contributed by atoms with E-state index in [2.05, 4.69) is 10.6 Å². The van der Waals surface area contributed by atoms with Crippen molar-refractivity contribution >= 4 is 34.3 Å². The van der Waals surface area contributed by atoms with E-state index in [-0.39, 0.29) is 24.1 Å². The number of rotatable bonds is 7. The Balaban J connectivity index is 1.26. The Kier molecular flexibility index (Phi) is 6.11. The summed E-state index contributed by atoms with van der Waals surface area (Å²) in [6.45, 7) is 0.927. The minimum Gasteiger partial charge on any atom is -0.497 e. The Morgan fingerprint density at radius 2 is 1.78 bits per heavy atom. The van der Waals surface area contributed by atoms with Gasteiger partial charge in [0.1, 0.15) is 11.4 Å². The van der Waals surface area contributed by atoms with Crippen LogP contribution < -0.4 is 20.3 Å². The van der Waals surface area contributed by atoms with E-state index in [0.29, 0.717) is 31.1 Å². The van der Waals surface area contributed by atoms with Crippen molar-refractivity contribution in [2.24, 2.45) is 13.0 Å². The summed E-state index contributed by atoms with van der Waals surface area (Å²) in [4.78, 5) is 39.0. The first kappa shape index (κ1) is 21.4. The first-order valence-corrected chi connectivity index (χ1v) is 10.5. The molecule has 1 aromatic heterocycles. The first-order chi connectivity index (χ1) is 15.5. The molecule has 1 saturated heterocycles. The Morgan fingerprint density at radius 1 is 1.06 bits per heavy atom. The van der Waals surface area contributed by atoms with Gasteiger partial charge in [0.25, 0.3) is 5.91 Å². The van der Waals surface area contributed by atoms with Crippen molar-refractivity contribution in [1.29, 1.82) is 0 Å². The zero-order valence-electron chi connectivity index (χ0n) is 18.1. The Bertz CT molecular complexity index is 1150. The predicted octanol–water partition coefficient (Wildman–Crippen LogP) is 2.09. The molecule has 3 aromatic rings. The number of hydrogen-bond acceptors (Lipinski definition) is 4. The number of carbonyl (C=O) groups excluding carboxylic acids is 3. The van der Waals surface area contributed by atoms with Gasteiger partial charge in [0.2, 0.25) is 11.8 Å². The van der Waals surface area contributed by atoms with Gasteiger partial charge in [-0.15, -0.1) is 0 Å². The summed E-state index contributed by atoms with van der Waals surface area (Å²) in [5, 5.41) is 6.66. The predicted molar refractivity (Wildman–Crippen MR) is 122 cm³/mol. The number of nitrogens with zero attached hydrogens (tertiary/aromatic N) is 2. The van der Waals surface area contributed by atoms with Crippen molar-refractivity contribution in [3.8, 4) is 5.75 Å². The zero-order chi connectivity index (χ0) is 22.7. The molecule has 8 nitrogen and oxygen atoms in total. The quantitative estimate of drug-likeness (QED) is 0.557. The summed E-state index contributed by atoms with van der Waals surface area (Å²) in [6.07, 6.45) is 0.167. The highest BCUT2D eigenvalue weighted by Crippen LogP contribution is 2.27. The molecule has 0 radical (unpaired) electrons. The molecule has 0 saturated carbocycles. The third kappa shape index (κ3) is 4.30. The molecule has 1 aliphatic heterocycles. The largest absolute Gasteiger partial charge is 0.497 e. The van der Waals surface area contributed by atoms with Gasteiger partial charge in [0.15, 0.2) is 0 Å². The van der Waals surface area contributed by atoms with Crippen LogP contribution in [0.2, 0.25) is 0 Å². The smallest absolute Gasteiger partial charge is 0.267 e. The van der Waals surface area contributed by atoms with E-state index < -0.39 is 5.92 Å². The number of anilines is 1. The van der Waals surface area contributed by atoms with Gasteiger partial charge in [-0.05, 0) is 36.4 Å². The normalized spacial score (nSPS) is 15.8. The number of aryl methyl sites for hydroxylation is 1. The van der Waals surface area contributed by atoms with Crippen LogP contribution in [0.15, 0.2) is 54.6 Å². The van der Waals surface area contributed by atoms with Gasteiger partial charge in [-0.1, -0.05) is 18.2 Å². The molecular weight excluding hydrogens is 408 g/mol. The minimum atomic E-state index is -0.418. The molecule has 2 aromatic carbocycles. The number of fused-ring (bicyclic) bond motifs is 1. The maximum absolute atomic E-state index is 12.5. The second-order valence-corrected chi connectivity index (χ2v) is 7.80. The van der Waals surface area contributed by atoms with Gasteiger partial charge in [-0.2, -0.15) is 0 Å². The molecule has 0 bridgehead atoms. The fraction of sp³-hybridized carbons (Fsp3) is 0.292. The molecule has 0 aliphatic carbocycles. The van der Waals surface area contributed by atoms with Gasteiger partial charge in [0, 0.05) is 49.7 Å². The fourth-order valence-electron chi connectivity index (χ4n) is 4.00. The third-order valence-electron chi connectivity index (χ3n) is 5.77. The lowest BCUT2D eigenvalue weighted by Gasteiger charge is -2.17. The van der Waals surface area contributed by atoms with Gasteiger partial charge in [0.05, 0.1) is 13.0 Å². The molecule has 1 unspecified atom stereocenters. The highest BCUT2D eigenvalue weighted by molar-refractivity contribution is 6.00. The molecular formula is C24H26N4O4. The number of amides is 3. The monoisotopic (exact) mass is 434 g/mol. The number of nitrogens with one attached hydrogen (secondary N) is 2. The molecule has 1 atom stereocenters. The number of benzene rings is 2. The van der Waals surface area contributed by atoms with E-state index in [1.807, 2.05) is 41.9 Å². The van der Waals surface area contributed by atoms with E-state index in [1.165, 1.54) is 0 Å². The number of carbonyl (C=O) groups is 3. The second-order valence-electron chi connectivity index (χ2n) is 7.80. The molecule has 166 valence electrons. The summed E-state index contributed by atoms with van der Waals surface area (Å²) in [5.41, 5.74) is 2.29. The molecule has 2 heterocycles. The SMILES string of the molecule is COc1ccc(N2CC(C(=O)NCCNC(=O)c3cc4ccccc4n3C)CC2=O)cc1. The van der Waals surface area contributed by atoms with E-state index in [1.54, 1.807) is 36.3 Å². The fourth-order valence-corrected chi connectivity index (χ4v) is 4.00. The summed E-state index contributed by atoms with van der Waals surface area (Å²) in [5.74, 6) is -0.175. The topological polar surface area (TPSA) is 92.7 Å². The van der Waals surface area contributed by atoms with E-state index in [4.69, 9.17) is 4.74 Å². The highest BCUT2D eigenvalue weighted by atomic mass is 16.5. The van der Waals surface area contributed by atoms with Crippen molar-refractivity contribution in [2.45, 2.75) is 6.42 Å². The average Bonchev–Trinajstić information content (AvgIpc) is 3.37. The summed E-state index contributed by atoms with van der Waals surface area (Å²) in [7, 11) is 3.44. The number of aromatic nitrogens is 1. The number of para-hydroxylation sites is 1. The van der Waals surface area contributed by atoms with E-state index in [9.17, 15) is 14.4 Å². The van der Waals surface area contributed by atoms with Crippen LogP contribution in [0, 0.1) is 5.92 Å². The van der Waals surface area contributed by atoms with Crippen LogP contribution in [0.3, 0.4) is 0 Å². The van der Waals surface area contributed by atoms with Crippen molar-refractivity contribution in [2.75, 3.05) is 31.6 Å². The van der Waals surface area contributed by atoms with Crippen LogP contribution in [0.1, 0.15) is 16.9 Å². The number of ether oxygens (including phenoxy) is 1. The van der Waals surface area contributed by atoms with Gasteiger partial charge in [-0.25, -0.2) is 0 Å². The lowest BCUT2D eigenvalue weighted by Crippen LogP contribution is -2.38. The maximum Gasteiger partial charge on any atom is 0.267 e. The van der Waals surface area contributed by atoms with Crippen LogP contribution in [0.25, 0.3) is 10.9 Å². The summed E-state index contributed by atoms with van der Waals surface area (Å²) >= 11 is 0. The van der Waals surface area contributed by atoms with E-state index in [0.717, 1.165) is 16.6 Å². The second kappa shape index (κ2) is 9.13. The number of methoxy groups -OCH3 is 1. The van der Waals surface area contributed by atoms with E-state index >= 15 is 0 Å². The molecule has 32 heavy (non-hydrogen) atoms. The van der Waals surface area contributed by atoms with Gasteiger partial charge in [-0.3, -0.25) is 14.4 Å². The Labute approximate surface area is 186 Å². The molecule has 3 amide bonds. The van der Waals surface area contributed by atoms with Gasteiger partial charge >= 0.3 is 0 Å². The van der Waals surface area contributed by atoms with Crippen LogP contribution in [-0.4, -0.2) is 49.0 Å². The van der Waals surface area contributed by atoms with Crippen LogP contribution in [0.5, 0.6) is 5.75 Å². The van der Waals surface area contributed by atoms with Crippen LogP contribution in [0.4, 0.5) is 5.69 Å². The highest BCUT2D eigenvalue weighted by Gasteiger charge is 2.34. The molecule has 8 heteroatoms. The Morgan fingerprint density at radius 3 is 2.50 bits per heavy atom. The van der Waals surface area contributed by atoms with Crippen molar-refractivity contribution in [3.63, 3.8) is 0 Å². The van der Waals surface area contributed by atoms with Crippen molar-refractivity contribution in [3.05, 3.63) is 60.3 Å². The van der Waals surface area contributed by atoms with Crippen molar-refractivity contribution in [1.82, 2.24) is 15.2 Å². The maximum atomic E-state index is 12.5. The zero-order valence-corrected chi connectivity index (χ0v) is 18.1. The lowest BCUT2D eigenvalue weighted by atomic mass is 10.1. The van der Waals surface area contributed by atoms with Crippen LogP contribution in [-0.2, 0) is 16.6 Å². The molecule has 1 aliphatic rings. The molecule has 0 spiro atoms. The van der Waals surface area contributed by atoms with Crippen LogP contribution >= 0.6 is 0 Å². The third-order valence-corrected chi connectivity index (χ3v) is 5.77. The van der Waals surface area contributed by atoms with Gasteiger partial charge < -0.3 is 24.8 Å².